The molecule has 1 aromatic carbocycles. The number of amides is 1. The van der Waals surface area contributed by atoms with Crippen LogP contribution >= 0.6 is 0 Å². The van der Waals surface area contributed by atoms with Crippen LogP contribution in [0.25, 0.3) is 0 Å². The number of nitrogens with zero attached hydrogens (tertiary/aromatic N) is 1. The van der Waals surface area contributed by atoms with Crippen molar-refractivity contribution < 1.29 is 4.79 Å². The lowest BCUT2D eigenvalue weighted by Gasteiger charge is -2.36. The van der Waals surface area contributed by atoms with Crippen LogP contribution < -0.4 is 5.32 Å². The van der Waals surface area contributed by atoms with Gasteiger partial charge in [-0.15, -0.1) is 0 Å². The van der Waals surface area contributed by atoms with Crippen LogP contribution in [0.15, 0.2) is 30.3 Å². The molecule has 0 radical (unpaired) electrons. The Kier molecular flexibility index (Phi) is 5.80. The van der Waals surface area contributed by atoms with Gasteiger partial charge in [0.25, 0.3) is 0 Å². The van der Waals surface area contributed by atoms with E-state index in [9.17, 15) is 4.79 Å². The van der Waals surface area contributed by atoms with Crippen molar-refractivity contribution in [3.63, 3.8) is 0 Å². The summed E-state index contributed by atoms with van der Waals surface area (Å²) >= 11 is 0. The van der Waals surface area contributed by atoms with Crippen molar-refractivity contribution in [1.29, 1.82) is 0 Å². The molecule has 1 fully saturated rings. The Hall–Kier alpha value is -1.35. The van der Waals surface area contributed by atoms with Gasteiger partial charge in [0.1, 0.15) is 0 Å². The van der Waals surface area contributed by atoms with Gasteiger partial charge < -0.3 is 10.2 Å². The molecule has 3 nitrogen and oxygen atoms in total. The second-order valence-corrected chi connectivity index (χ2v) is 6.11. The number of likely N-dealkylation sites (N-methyl/N-ethyl adjacent to an activating group) is 1. The minimum Gasteiger partial charge on any atom is -0.342 e. The predicted octanol–water partition coefficient (Wildman–Crippen LogP) is 3.17. The zero-order valence-electron chi connectivity index (χ0n) is 13.5. The van der Waals surface area contributed by atoms with Gasteiger partial charge in [-0.25, -0.2) is 0 Å². The lowest BCUT2D eigenvalue weighted by Crippen LogP contribution is -2.44. The minimum atomic E-state index is -0.00164. The fraction of sp³-hybridized carbons (Fsp3) is 0.611. The SMILES string of the molecule is CCC(C(=O)N(C)C1CCC(NC)CC1)c1ccccc1. The molecular formula is C18H28N2O. The van der Waals surface area contributed by atoms with Gasteiger partial charge >= 0.3 is 0 Å². The van der Waals surface area contributed by atoms with Crippen molar-refractivity contribution in [3.05, 3.63) is 35.9 Å². The van der Waals surface area contributed by atoms with Crippen molar-refractivity contribution in [2.75, 3.05) is 14.1 Å². The van der Waals surface area contributed by atoms with Gasteiger partial charge in [0.05, 0.1) is 5.92 Å². The summed E-state index contributed by atoms with van der Waals surface area (Å²) in [5, 5.41) is 3.35. The Morgan fingerprint density at radius 3 is 2.38 bits per heavy atom. The van der Waals surface area contributed by atoms with E-state index in [1.807, 2.05) is 37.2 Å². The van der Waals surface area contributed by atoms with Crippen molar-refractivity contribution in [2.45, 2.75) is 57.0 Å². The van der Waals surface area contributed by atoms with E-state index in [4.69, 9.17) is 0 Å². The van der Waals surface area contributed by atoms with Gasteiger partial charge in [0.2, 0.25) is 5.91 Å². The molecule has 0 heterocycles. The summed E-state index contributed by atoms with van der Waals surface area (Å²) in [4.78, 5) is 14.8. The molecule has 1 N–H and O–H groups in total. The molecule has 2 rings (SSSR count). The van der Waals surface area contributed by atoms with Crippen molar-refractivity contribution >= 4 is 5.91 Å². The minimum absolute atomic E-state index is 0.00164. The summed E-state index contributed by atoms with van der Waals surface area (Å²) in [5.41, 5.74) is 1.14. The Morgan fingerprint density at radius 2 is 1.86 bits per heavy atom. The maximum atomic E-state index is 12.8. The first-order valence-electron chi connectivity index (χ1n) is 8.16. The van der Waals surface area contributed by atoms with Gasteiger partial charge in [-0.1, -0.05) is 37.3 Å². The topological polar surface area (TPSA) is 32.3 Å². The molecule has 0 bridgehead atoms. The molecule has 1 aliphatic carbocycles. The highest BCUT2D eigenvalue weighted by molar-refractivity contribution is 5.83. The first-order valence-corrected chi connectivity index (χ1v) is 8.16. The third kappa shape index (κ3) is 3.85. The van der Waals surface area contributed by atoms with Crippen LogP contribution in [0.1, 0.15) is 50.5 Å². The molecule has 21 heavy (non-hydrogen) atoms. The van der Waals surface area contributed by atoms with Crippen LogP contribution in [0.5, 0.6) is 0 Å². The number of nitrogens with one attached hydrogen (secondary N) is 1. The Bertz CT molecular complexity index is 438. The van der Waals surface area contributed by atoms with Gasteiger partial charge in [0, 0.05) is 19.1 Å². The zero-order chi connectivity index (χ0) is 15.2. The third-order valence-electron chi connectivity index (χ3n) is 4.91. The van der Waals surface area contributed by atoms with Gasteiger partial charge in [0.15, 0.2) is 0 Å². The molecular weight excluding hydrogens is 260 g/mol. The van der Waals surface area contributed by atoms with E-state index in [2.05, 4.69) is 24.4 Å². The molecule has 1 saturated carbocycles. The maximum Gasteiger partial charge on any atom is 0.230 e. The molecule has 1 aliphatic rings. The summed E-state index contributed by atoms with van der Waals surface area (Å²) in [7, 11) is 4.01. The van der Waals surface area contributed by atoms with Gasteiger partial charge in [-0.05, 0) is 44.7 Å². The summed E-state index contributed by atoms with van der Waals surface area (Å²) in [6.07, 6.45) is 5.42. The molecule has 116 valence electrons. The Labute approximate surface area is 128 Å². The first-order chi connectivity index (χ1) is 10.2. The van der Waals surface area contributed by atoms with E-state index in [0.29, 0.717) is 12.1 Å². The van der Waals surface area contributed by atoms with E-state index in [1.54, 1.807) is 0 Å². The van der Waals surface area contributed by atoms with Crippen LogP contribution in [-0.4, -0.2) is 37.0 Å². The normalized spacial score (nSPS) is 23.6. The lowest BCUT2D eigenvalue weighted by molar-refractivity contribution is -0.134. The monoisotopic (exact) mass is 288 g/mol. The molecule has 1 aromatic rings. The largest absolute Gasteiger partial charge is 0.342 e. The van der Waals surface area contributed by atoms with Crippen molar-refractivity contribution in [3.8, 4) is 0 Å². The fourth-order valence-corrected chi connectivity index (χ4v) is 3.42. The number of carbonyl (C=O) groups is 1. The van der Waals surface area contributed by atoms with Crippen LogP contribution in [0, 0.1) is 0 Å². The molecule has 3 heteroatoms. The van der Waals surface area contributed by atoms with Crippen LogP contribution in [0.4, 0.5) is 0 Å². The zero-order valence-corrected chi connectivity index (χ0v) is 13.5. The van der Waals surface area contributed by atoms with Crippen LogP contribution in [0.2, 0.25) is 0 Å². The lowest BCUT2D eigenvalue weighted by atomic mass is 9.88. The molecule has 1 unspecified atom stereocenters. The molecule has 0 saturated heterocycles. The molecule has 0 spiro atoms. The summed E-state index contributed by atoms with van der Waals surface area (Å²) in [6.45, 7) is 2.10. The highest BCUT2D eigenvalue weighted by atomic mass is 16.2. The van der Waals surface area contributed by atoms with Gasteiger partial charge in [-0.3, -0.25) is 4.79 Å². The first kappa shape index (κ1) is 16.0. The third-order valence-corrected chi connectivity index (χ3v) is 4.91. The second kappa shape index (κ2) is 7.60. The highest BCUT2D eigenvalue weighted by Gasteiger charge is 2.29. The van der Waals surface area contributed by atoms with Crippen LogP contribution in [-0.2, 0) is 4.79 Å². The maximum absolute atomic E-state index is 12.8. The number of rotatable bonds is 5. The van der Waals surface area contributed by atoms with E-state index in [-0.39, 0.29) is 11.8 Å². The average Bonchev–Trinajstić information content (AvgIpc) is 2.56. The smallest absolute Gasteiger partial charge is 0.230 e. The van der Waals surface area contributed by atoms with Crippen molar-refractivity contribution in [2.24, 2.45) is 0 Å². The summed E-state index contributed by atoms with van der Waals surface area (Å²) in [6, 6.07) is 11.2. The van der Waals surface area contributed by atoms with E-state index < -0.39 is 0 Å². The molecule has 1 amide bonds. The summed E-state index contributed by atoms with van der Waals surface area (Å²) in [5.74, 6) is 0.273. The Morgan fingerprint density at radius 1 is 1.24 bits per heavy atom. The standard InChI is InChI=1S/C18H28N2O/c1-4-17(14-8-6-5-7-9-14)18(21)20(3)16-12-10-15(19-2)11-13-16/h5-9,15-17,19H,4,10-13H2,1-3H3. The van der Waals surface area contributed by atoms with Crippen molar-refractivity contribution in [1.82, 2.24) is 10.2 Å². The number of hydrogen-bond donors (Lipinski definition) is 1. The van der Waals surface area contributed by atoms with E-state index in [1.165, 1.54) is 12.8 Å². The van der Waals surface area contributed by atoms with Crippen LogP contribution in [0.3, 0.4) is 0 Å². The second-order valence-electron chi connectivity index (χ2n) is 6.11. The predicted molar refractivity (Wildman–Crippen MR) is 87.3 cm³/mol. The Balaban J connectivity index is 2.01. The van der Waals surface area contributed by atoms with Gasteiger partial charge in [-0.2, -0.15) is 0 Å². The molecule has 0 aromatic heterocycles. The van der Waals surface area contributed by atoms with E-state index in [0.717, 1.165) is 24.8 Å². The quantitative estimate of drug-likeness (QED) is 0.902. The highest BCUT2D eigenvalue weighted by Crippen LogP contribution is 2.27. The summed E-state index contributed by atoms with van der Waals surface area (Å²) < 4.78 is 0. The average molecular weight is 288 g/mol. The number of carbonyl (C=O) groups excluding carboxylic acids is 1. The fourth-order valence-electron chi connectivity index (χ4n) is 3.42. The number of benzene rings is 1. The molecule has 1 atom stereocenters. The number of hydrogen-bond acceptors (Lipinski definition) is 2. The molecule has 0 aliphatic heterocycles. The van der Waals surface area contributed by atoms with E-state index >= 15 is 0 Å².